The number of carbonyl (C=O) groups is 3. The minimum absolute atomic E-state index is 0.173. The number of fused-ring (bicyclic) bond motifs is 1. The molecule has 0 spiro atoms. The molecule has 9 heteroatoms. The lowest BCUT2D eigenvalue weighted by molar-refractivity contribution is -0.136. The van der Waals surface area contributed by atoms with E-state index in [9.17, 15) is 14.4 Å². The van der Waals surface area contributed by atoms with Gasteiger partial charge in [-0.3, -0.25) is 19.7 Å². The molecule has 166 valence electrons. The molecular formula is C23H26N6O3. The van der Waals surface area contributed by atoms with Crippen LogP contribution in [-0.4, -0.2) is 45.2 Å². The van der Waals surface area contributed by atoms with Crippen LogP contribution >= 0.6 is 0 Å². The third kappa shape index (κ3) is 3.95. The molecule has 2 atom stereocenters. The summed E-state index contributed by atoms with van der Waals surface area (Å²) in [7, 11) is 0. The standard InChI is InChI=1S/C23H26N6O3/c30-19-8-7-18(21(31)28-19)29-13-15-5-3-4-14(20(15)22(29)32)12-26-23-25-11-9-17(27-23)16-6-1-2-10-24-16/h3-5,9,11,16,18,24H,1-2,6-8,10,12-13H2,(H,25,26,27)(H,28,30,31). The number of nitrogens with zero attached hydrogens (tertiary/aromatic N) is 3. The number of benzene rings is 1. The van der Waals surface area contributed by atoms with Crippen molar-refractivity contribution in [1.29, 1.82) is 0 Å². The van der Waals surface area contributed by atoms with Crippen LogP contribution in [0.2, 0.25) is 0 Å². The predicted molar refractivity (Wildman–Crippen MR) is 116 cm³/mol. The quantitative estimate of drug-likeness (QED) is 0.613. The lowest BCUT2D eigenvalue weighted by Gasteiger charge is -2.29. The summed E-state index contributed by atoms with van der Waals surface area (Å²) >= 11 is 0. The van der Waals surface area contributed by atoms with Crippen molar-refractivity contribution >= 4 is 23.7 Å². The third-order valence-electron chi connectivity index (χ3n) is 6.42. The summed E-state index contributed by atoms with van der Waals surface area (Å²) in [6.45, 7) is 1.77. The molecular weight excluding hydrogens is 408 g/mol. The Morgan fingerprint density at radius 1 is 1.12 bits per heavy atom. The Morgan fingerprint density at radius 2 is 2.03 bits per heavy atom. The number of carbonyl (C=O) groups excluding carboxylic acids is 3. The van der Waals surface area contributed by atoms with E-state index < -0.39 is 11.9 Å². The topological polar surface area (TPSA) is 116 Å². The number of imide groups is 1. The van der Waals surface area contributed by atoms with Crippen LogP contribution in [0.3, 0.4) is 0 Å². The van der Waals surface area contributed by atoms with Gasteiger partial charge in [-0.05, 0) is 43.0 Å². The largest absolute Gasteiger partial charge is 0.350 e. The zero-order valence-electron chi connectivity index (χ0n) is 17.8. The molecule has 0 saturated carbocycles. The fraction of sp³-hybridized carbons (Fsp3) is 0.435. The minimum atomic E-state index is -0.614. The maximum atomic E-state index is 13.2. The second kappa shape index (κ2) is 8.66. The number of hydrogen-bond acceptors (Lipinski definition) is 7. The molecule has 2 aromatic rings. The highest BCUT2D eigenvalue weighted by atomic mass is 16.2. The van der Waals surface area contributed by atoms with Gasteiger partial charge in [0.25, 0.3) is 5.91 Å². The maximum Gasteiger partial charge on any atom is 0.255 e. The first-order valence-electron chi connectivity index (χ1n) is 11.2. The Hall–Kier alpha value is -3.33. The number of rotatable bonds is 5. The summed E-state index contributed by atoms with van der Waals surface area (Å²) in [5.41, 5.74) is 3.32. The van der Waals surface area contributed by atoms with E-state index in [-0.39, 0.29) is 24.3 Å². The Bertz CT molecular complexity index is 1070. The van der Waals surface area contributed by atoms with Crippen molar-refractivity contribution in [3.63, 3.8) is 0 Å². The molecule has 5 rings (SSSR count). The summed E-state index contributed by atoms with van der Waals surface area (Å²) < 4.78 is 0. The summed E-state index contributed by atoms with van der Waals surface area (Å²) in [6, 6.07) is 7.31. The van der Waals surface area contributed by atoms with E-state index >= 15 is 0 Å². The molecule has 2 unspecified atom stereocenters. The minimum Gasteiger partial charge on any atom is -0.350 e. The Balaban J connectivity index is 1.31. The van der Waals surface area contributed by atoms with Gasteiger partial charge >= 0.3 is 0 Å². The van der Waals surface area contributed by atoms with E-state index in [0.29, 0.717) is 31.0 Å². The van der Waals surface area contributed by atoms with Crippen LogP contribution in [0.4, 0.5) is 5.95 Å². The van der Waals surface area contributed by atoms with E-state index in [2.05, 4.69) is 25.9 Å². The van der Waals surface area contributed by atoms with Crippen molar-refractivity contribution in [2.24, 2.45) is 0 Å². The number of hydrogen-bond donors (Lipinski definition) is 3. The van der Waals surface area contributed by atoms with Crippen molar-refractivity contribution in [3.05, 3.63) is 52.8 Å². The van der Waals surface area contributed by atoms with Crippen LogP contribution in [0, 0.1) is 0 Å². The number of anilines is 1. The van der Waals surface area contributed by atoms with Crippen molar-refractivity contribution in [2.75, 3.05) is 11.9 Å². The lowest BCUT2D eigenvalue weighted by atomic mass is 10.0. The first-order valence-corrected chi connectivity index (χ1v) is 11.2. The smallest absolute Gasteiger partial charge is 0.255 e. The highest BCUT2D eigenvalue weighted by molar-refractivity contribution is 6.06. The number of aromatic nitrogens is 2. The van der Waals surface area contributed by atoms with E-state index in [0.717, 1.165) is 29.8 Å². The highest BCUT2D eigenvalue weighted by Crippen LogP contribution is 2.30. The molecule has 3 aliphatic rings. The summed E-state index contributed by atoms with van der Waals surface area (Å²) in [4.78, 5) is 47.5. The zero-order valence-corrected chi connectivity index (χ0v) is 17.8. The van der Waals surface area contributed by atoms with Gasteiger partial charge in [0.1, 0.15) is 6.04 Å². The molecule has 3 aliphatic heterocycles. The number of nitrogens with one attached hydrogen (secondary N) is 3. The first kappa shape index (κ1) is 20.6. The fourth-order valence-electron chi connectivity index (χ4n) is 4.77. The van der Waals surface area contributed by atoms with Crippen LogP contribution in [0.5, 0.6) is 0 Å². The summed E-state index contributed by atoms with van der Waals surface area (Å²) in [6.07, 6.45) is 5.80. The Labute approximate surface area is 186 Å². The molecule has 1 aromatic heterocycles. The van der Waals surface area contributed by atoms with Crippen molar-refractivity contribution in [2.45, 2.75) is 57.3 Å². The lowest BCUT2D eigenvalue weighted by Crippen LogP contribution is -2.52. The van der Waals surface area contributed by atoms with Gasteiger partial charge in [0.2, 0.25) is 17.8 Å². The average molecular weight is 435 g/mol. The molecule has 3 amide bonds. The highest BCUT2D eigenvalue weighted by Gasteiger charge is 2.39. The van der Waals surface area contributed by atoms with E-state index in [4.69, 9.17) is 0 Å². The van der Waals surface area contributed by atoms with Crippen molar-refractivity contribution in [3.8, 4) is 0 Å². The van der Waals surface area contributed by atoms with Gasteiger partial charge in [0, 0.05) is 37.3 Å². The van der Waals surface area contributed by atoms with E-state index in [1.165, 1.54) is 12.8 Å². The average Bonchev–Trinajstić information content (AvgIpc) is 3.15. The molecule has 2 fully saturated rings. The van der Waals surface area contributed by atoms with Crippen molar-refractivity contribution in [1.82, 2.24) is 25.5 Å². The van der Waals surface area contributed by atoms with Crippen molar-refractivity contribution < 1.29 is 14.4 Å². The van der Waals surface area contributed by atoms with Gasteiger partial charge in [-0.1, -0.05) is 24.6 Å². The maximum absolute atomic E-state index is 13.2. The summed E-state index contributed by atoms with van der Waals surface area (Å²) in [5.74, 6) is -0.331. The van der Waals surface area contributed by atoms with Gasteiger partial charge in [-0.2, -0.15) is 0 Å². The molecule has 0 bridgehead atoms. The molecule has 9 nitrogen and oxygen atoms in total. The predicted octanol–water partition coefficient (Wildman–Crippen LogP) is 1.66. The van der Waals surface area contributed by atoms with Gasteiger partial charge < -0.3 is 15.5 Å². The summed E-state index contributed by atoms with van der Waals surface area (Å²) in [5, 5.41) is 9.09. The molecule has 4 heterocycles. The number of amides is 3. The first-order chi connectivity index (χ1) is 15.6. The second-order valence-electron chi connectivity index (χ2n) is 8.51. The van der Waals surface area contributed by atoms with Gasteiger partial charge in [-0.25, -0.2) is 9.97 Å². The monoisotopic (exact) mass is 434 g/mol. The number of piperidine rings is 2. The normalized spacial score (nSPS) is 23.1. The molecule has 32 heavy (non-hydrogen) atoms. The van der Waals surface area contributed by atoms with Crippen LogP contribution in [0.15, 0.2) is 30.5 Å². The molecule has 0 radical (unpaired) electrons. The van der Waals surface area contributed by atoms with Gasteiger partial charge in [-0.15, -0.1) is 0 Å². The van der Waals surface area contributed by atoms with Crippen LogP contribution in [0.25, 0.3) is 0 Å². The molecule has 2 saturated heterocycles. The molecule has 0 aliphatic carbocycles. The Kier molecular flexibility index (Phi) is 5.57. The van der Waals surface area contributed by atoms with Crippen LogP contribution < -0.4 is 16.0 Å². The van der Waals surface area contributed by atoms with Gasteiger partial charge in [0.15, 0.2) is 0 Å². The second-order valence-corrected chi connectivity index (χ2v) is 8.51. The molecule has 3 N–H and O–H groups in total. The Morgan fingerprint density at radius 3 is 2.84 bits per heavy atom. The van der Waals surface area contributed by atoms with Gasteiger partial charge in [0.05, 0.1) is 5.69 Å². The fourth-order valence-corrected chi connectivity index (χ4v) is 4.77. The van der Waals surface area contributed by atoms with Crippen LogP contribution in [-0.2, 0) is 22.7 Å². The zero-order chi connectivity index (χ0) is 22.1. The van der Waals surface area contributed by atoms with E-state index in [1.54, 1.807) is 11.1 Å². The SMILES string of the molecule is O=C1CCC(N2Cc3cccc(CNc4nccc(C5CCCCN5)n4)c3C2=O)C(=O)N1. The van der Waals surface area contributed by atoms with Crippen LogP contribution in [0.1, 0.15) is 65.3 Å². The molecule has 1 aromatic carbocycles. The third-order valence-corrected chi connectivity index (χ3v) is 6.42. The van der Waals surface area contributed by atoms with E-state index in [1.807, 2.05) is 24.3 Å².